The number of nitrogens with one attached hydrogen (secondary N) is 2. The number of hydrogen-bond donors (Lipinski definition) is 7. The summed E-state index contributed by atoms with van der Waals surface area (Å²) >= 11 is 0. The van der Waals surface area contributed by atoms with Crippen LogP contribution >= 0.6 is 0 Å². The maximum Gasteiger partial charge on any atom is 0.335 e. The van der Waals surface area contributed by atoms with Crippen LogP contribution in [-0.2, 0) is 14.4 Å². The lowest BCUT2D eigenvalue weighted by Gasteiger charge is -2.11. The molecule has 0 saturated carbocycles. The number of aliphatic hydroxyl groups is 2. The molecule has 3 aromatic rings. The van der Waals surface area contributed by atoms with Crippen molar-refractivity contribution in [3.8, 4) is 18.1 Å². The molecule has 0 aliphatic carbocycles. The molecule has 1 heterocycles. The molecule has 0 bridgehead atoms. The first-order valence-electron chi connectivity index (χ1n) is 12.1. The van der Waals surface area contributed by atoms with E-state index in [-0.39, 0.29) is 5.91 Å². The number of aliphatic hydroxyl groups excluding tert-OH is 2. The van der Waals surface area contributed by atoms with Gasteiger partial charge < -0.3 is 30.5 Å². The fraction of sp³-hybridized carbons (Fsp3) is 0.296. The second-order valence-electron chi connectivity index (χ2n) is 8.37. The van der Waals surface area contributed by atoms with Crippen molar-refractivity contribution in [1.29, 1.82) is 0 Å². The monoisotopic (exact) mass is 554 g/mol. The van der Waals surface area contributed by atoms with Crippen LogP contribution in [0.5, 0.6) is 5.75 Å². The topological polar surface area (TPSA) is 211 Å². The lowest BCUT2D eigenvalue weighted by molar-refractivity contribution is -0.165. The number of amides is 1. The summed E-state index contributed by atoms with van der Waals surface area (Å²) < 4.78 is 5.88. The number of carboxylic acid groups (broad SMARTS) is 2. The zero-order chi connectivity index (χ0) is 29.5. The smallest absolute Gasteiger partial charge is 0.335 e. The van der Waals surface area contributed by atoms with Gasteiger partial charge in [-0.05, 0) is 49.2 Å². The van der Waals surface area contributed by atoms with Crippen LogP contribution in [0.3, 0.4) is 0 Å². The predicted molar refractivity (Wildman–Crippen MR) is 143 cm³/mol. The van der Waals surface area contributed by atoms with Gasteiger partial charge in [-0.1, -0.05) is 24.8 Å². The molecule has 0 radical (unpaired) electrons. The summed E-state index contributed by atoms with van der Waals surface area (Å²) in [5.74, 6) is 0.171. The Balaban J connectivity index is 0.000000478. The van der Waals surface area contributed by atoms with Crippen molar-refractivity contribution in [1.82, 2.24) is 15.4 Å². The molecule has 7 N–H and O–H groups in total. The van der Waals surface area contributed by atoms with Crippen molar-refractivity contribution < 1.29 is 44.8 Å². The first kappa shape index (κ1) is 31.4. The number of carbonyl (C=O) groups is 3. The molecule has 40 heavy (non-hydrogen) atoms. The number of benzene rings is 2. The van der Waals surface area contributed by atoms with Crippen LogP contribution in [0.4, 0.5) is 11.5 Å². The summed E-state index contributed by atoms with van der Waals surface area (Å²) in [5, 5.41) is 45.1. The van der Waals surface area contributed by atoms with Gasteiger partial charge in [0.1, 0.15) is 17.9 Å². The van der Waals surface area contributed by atoms with E-state index in [0.29, 0.717) is 18.8 Å². The van der Waals surface area contributed by atoms with E-state index in [0.717, 1.165) is 53.6 Å². The first-order valence-corrected chi connectivity index (χ1v) is 12.1. The van der Waals surface area contributed by atoms with Crippen LogP contribution in [0, 0.1) is 12.3 Å². The molecule has 13 heteroatoms. The van der Waals surface area contributed by atoms with Gasteiger partial charge in [-0.15, -0.1) is 6.42 Å². The summed E-state index contributed by atoms with van der Waals surface area (Å²) in [6.45, 7) is 0.582. The number of aromatic nitrogens is 2. The molecule has 2 atom stereocenters. The highest BCUT2D eigenvalue weighted by molar-refractivity contribution is 5.91. The maximum absolute atomic E-state index is 11.0. The molecule has 2 aromatic carbocycles. The number of terminal acetylenes is 1. The van der Waals surface area contributed by atoms with Gasteiger partial charge in [0, 0.05) is 23.1 Å². The summed E-state index contributed by atoms with van der Waals surface area (Å²) in [5.41, 5.74) is 4.10. The highest BCUT2D eigenvalue weighted by Gasteiger charge is 2.29. The molecule has 0 fully saturated rings. The van der Waals surface area contributed by atoms with E-state index in [1.165, 1.54) is 6.33 Å². The zero-order valence-electron chi connectivity index (χ0n) is 21.4. The van der Waals surface area contributed by atoms with E-state index in [4.69, 9.17) is 36.8 Å². The summed E-state index contributed by atoms with van der Waals surface area (Å²) in [6, 6.07) is 13.3. The lowest BCUT2D eigenvalue weighted by Crippen LogP contribution is -2.39. The molecule has 13 nitrogen and oxygen atoms in total. The van der Waals surface area contributed by atoms with Crippen LogP contribution in [0.15, 0.2) is 48.8 Å². The van der Waals surface area contributed by atoms with E-state index in [1.54, 1.807) is 5.48 Å². The number of aliphatic carboxylic acids is 2. The number of carbonyl (C=O) groups excluding carboxylic acids is 1. The molecule has 3 rings (SSSR count). The van der Waals surface area contributed by atoms with Gasteiger partial charge in [-0.3, -0.25) is 10.0 Å². The third-order valence-corrected chi connectivity index (χ3v) is 5.40. The van der Waals surface area contributed by atoms with Gasteiger partial charge >= 0.3 is 11.9 Å². The summed E-state index contributed by atoms with van der Waals surface area (Å²) in [4.78, 5) is 39.2. The lowest BCUT2D eigenvalue weighted by atomic mass is 10.1. The standard InChI is InChI=1S/C23H24N4O3.C4H6O6/c1-2-17-8-7-9-18(14-17)26-23-20-15-19(11-12-21(20)24-16-25-23)30-13-6-4-3-5-10-22(28)27-29;5-1(3(7)8)2(6)4(9)10/h1,7-9,11-12,14-16,29H,3-6,10,13H2,(H,27,28)(H,24,25,26);1-2,5-6H,(H,7,8)(H,9,10). The maximum atomic E-state index is 11.0. The average Bonchev–Trinajstić information content (AvgIpc) is 2.96. The van der Waals surface area contributed by atoms with Crippen molar-refractivity contribution in [2.75, 3.05) is 11.9 Å². The molecule has 1 amide bonds. The highest BCUT2D eigenvalue weighted by atomic mass is 16.5. The van der Waals surface area contributed by atoms with Gasteiger partial charge in [0.05, 0.1) is 12.1 Å². The number of hydroxylamine groups is 1. The van der Waals surface area contributed by atoms with Crippen LogP contribution in [0.2, 0.25) is 0 Å². The minimum Gasteiger partial charge on any atom is -0.494 e. The van der Waals surface area contributed by atoms with Crippen molar-refractivity contribution in [2.24, 2.45) is 0 Å². The Labute approximate surface area is 229 Å². The van der Waals surface area contributed by atoms with E-state index in [1.807, 2.05) is 42.5 Å². The predicted octanol–water partition coefficient (Wildman–Crippen LogP) is 2.07. The van der Waals surface area contributed by atoms with Crippen molar-refractivity contribution in [3.05, 3.63) is 54.4 Å². The van der Waals surface area contributed by atoms with Crippen molar-refractivity contribution in [2.45, 2.75) is 44.3 Å². The Morgan fingerprint density at radius 2 is 1.65 bits per heavy atom. The number of ether oxygens (including phenoxy) is 1. The number of rotatable bonds is 13. The number of hydrogen-bond acceptors (Lipinski definition) is 10. The van der Waals surface area contributed by atoms with Crippen molar-refractivity contribution in [3.63, 3.8) is 0 Å². The van der Waals surface area contributed by atoms with E-state index >= 15 is 0 Å². The van der Waals surface area contributed by atoms with E-state index < -0.39 is 24.1 Å². The van der Waals surface area contributed by atoms with Gasteiger partial charge in [-0.25, -0.2) is 25.0 Å². The number of fused-ring (bicyclic) bond motifs is 1. The number of anilines is 2. The van der Waals surface area contributed by atoms with E-state index in [9.17, 15) is 14.4 Å². The summed E-state index contributed by atoms with van der Waals surface area (Å²) in [7, 11) is 0. The van der Waals surface area contributed by atoms with E-state index in [2.05, 4.69) is 21.2 Å². The molecule has 0 spiro atoms. The van der Waals surface area contributed by atoms with Gasteiger partial charge in [-0.2, -0.15) is 0 Å². The molecular formula is C27H30N4O9. The molecule has 212 valence electrons. The fourth-order valence-electron chi connectivity index (χ4n) is 3.31. The third kappa shape index (κ3) is 10.2. The molecular weight excluding hydrogens is 524 g/mol. The first-order chi connectivity index (χ1) is 19.2. The average molecular weight is 555 g/mol. The van der Waals surface area contributed by atoms with Crippen molar-refractivity contribution >= 4 is 40.3 Å². The Morgan fingerprint density at radius 3 is 2.30 bits per heavy atom. The Morgan fingerprint density at radius 1 is 0.950 bits per heavy atom. The second-order valence-corrected chi connectivity index (χ2v) is 8.37. The number of carboxylic acids is 2. The second kappa shape index (κ2) is 16.2. The van der Waals surface area contributed by atoms with Crippen LogP contribution < -0.4 is 15.5 Å². The highest BCUT2D eigenvalue weighted by Crippen LogP contribution is 2.27. The number of unbranched alkanes of at least 4 members (excludes halogenated alkanes) is 3. The Kier molecular flexibility index (Phi) is 12.8. The minimum atomic E-state index is -2.27. The van der Waals surface area contributed by atoms with Crippen LogP contribution in [0.1, 0.15) is 37.7 Å². The molecule has 0 aliphatic heterocycles. The molecule has 2 unspecified atom stereocenters. The zero-order valence-corrected chi connectivity index (χ0v) is 21.4. The third-order valence-electron chi connectivity index (χ3n) is 5.40. The minimum absolute atomic E-state index is 0.335. The SMILES string of the molecule is C#Cc1cccc(Nc2ncnc3ccc(OCCCCCCC(=O)NO)cc23)c1.O=C(O)C(O)C(O)C(=O)O. The largest absolute Gasteiger partial charge is 0.494 e. The van der Waals surface area contributed by atoms with Crippen LogP contribution in [-0.4, -0.2) is 72.3 Å². The normalized spacial score (nSPS) is 11.8. The Bertz CT molecular complexity index is 1330. The Hall–Kier alpha value is -4.77. The fourth-order valence-corrected chi connectivity index (χ4v) is 3.31. The quantitative estimate of drug-likeness (QED) is 0.0700. The molecule has 1 aromatic heterocycles. The van der Waals surface area contributed by atoms with Crippen LogP contribution in [0.25, 0.3) is 10.9 Å². The number of nitrogens with zero attached hydrogens (tertiary/aromatic N) is 2. The molecule has 0 aliphatic rings. The van der Waals surface area contributed by atoms with Gasteiger partial charge in [0.2, 0.25) is 5.91 Å². The molecule has 0 saturated heterocycles. The summed E-state index contributed by atoms with van der Waals surface area (Å²) in [6.07, 6.45) is 6.29. The van der Waals surface area contributed by atoms with Gasteiger partial charge in [0.25, 0.3) is 0 Å². The van der Waals surface area contributed by atoms with Gasteiger partial charge in [0.15, 0.2) is 12.2 Å².